The molecule has 98 valence electrons. The Morgan fingerprint density at radius 3 is 2.42 bits per heavy atom. The second kappa shape index (κ2) is 6.38. The molecule has 0 unspecified atom stereocenters. The molecule has 2 aromatic rings. The lowest BCUT2D eigenvalue weighted by molar-refractivity contribution is -0.139. The lowest BCUT2D eigenvalue weighted by Crippen LogP contribution is -2.08. The van der Waals surface area contributed by atoms with Crippen LogP contribution >= 0.6 is 15.9 Å². The smallest absolute Gasteiger partial charge is 0.324 e. The van der Waals surface area contributed by atoms with Crippen LogP contribution in [0.15, 0.2) is 54.6 Å². The summed E-state index contributed by atoms with van der Waals surface area (Å²) < 4.78 is 10.4. The zero-order valence-electron chi connectivity index (χ0n) is 10.4. The molecule has 2 aromatic carbocycles. The number of benzene rings is 2. The second-order valence-electron chi connectivity index (χ2n) is 3.87. The highest BCUT2D eigenvalue weighted by molar-refractivity contribution is 9.09. The van der Waals surface area contributed by atoms with Crippen LogP contribution < -0.4 is 4.74 Å². The summed E-state index contributed by atoms with van der Waals surface area (Å²) in [7, 11) is 1.36. The van der Waals surface area contributed by atoms with Gasteiger partial charge in [0, 0.05) is 0 Å². The third-order valence-corrected chi connectivity index (χ3v) is 3.44. The van der Waals surface area contributed by atoms with Gasteiger partial charge < -0.3 is 9.47 Å². The predicted molar refractivity (Wildman–Crippen MR) is 76.6 cm³/mol. The zero-order chi connectivity index (χ0) is 13.7. The Morgan fingerprint density at radius 1 is 1.05 bits per heavy atom. The molecule has 0 spiro atoms. The molecule has 0 saturated heterocycles. The SMILES string of the molecule is COC(=O)[C@@H](Br)c1cccc(Oc2ccccc2)c1. The van der Waals surface area contributed by atoms with Gasteiger partial charge in [-0.25, -0.2) is 0 Å². The van der Waals surface area contributed by atoms with E-state index < -0.39 is 4.83 Å². The Labute approximate surface area is 120 Å². The Morgan fingerprint density at radius 2 is 1.74 bits per heavy atom. The highest BCUT2D eigenvalue weighted by atomic mass is 79.9. The van der Waals surface area contributed by atoms with Crippen molar-refractivity contribution in [3.63, 3.8) is 0 Å². The van der Waals surface area contributed by atoms with Gasteiger partial charge in [-0.2, -0.15) is 0 Å². The number of ether oxygens (including phenoxy) is 2. The van der Waals surface area contributed by atoms with Crippen LogP contribution in [0.1, 0.15) is 10.4 Å². The van der Waals surface area contributed by atoms with Gasteiger partial charge >= 0.3 is 5.97 Å². The minimum Gasteiger partial charge on any atom is -0.468 e. The molecule has 0 aliphatic carbocycles. The van der Waals surface area contributed by atoms with Crippen molar-refractivity contribution in [2.75, 3.05) is 7.11 Å². The lowest BCUT2D eigenvalue weighted by Gasteiger charge is -2.10. The van der Waals surface area contributed by atoms with Gasteiger partial charge in [0.25, 0.3) is 0 Å². The summed E-state index contributed by atoms with van der Waals surface area (Å²) >= 11 is 3.30. The average Bonchev–Trinajstić information content (AvgIpc) is 2.47. The van der Waals surface area contributed by atoms with Crippen LogP contribution in [-0.2, 0) is 9.53 Å². The first-order valence-electron chi connectivity index (χ1n) is 5.75. The number of carbonyl (C=O) groups is 1. The van der Waals surface area contributed by atoms with Crippen molar-refractivity contribution in [3.05, 3.63) is 60.2 Å². The van der Waals surface area contributed by atoms with Gasteiger partial charge in [0.05, 0.1) is 7.11 Å². The van der Waals surface area contributed by atoms with E-state index in [1.807, 2.05) is 54.6 Å². The predicted octanol–water partition coefficient (Wildman–Crippen LogP) is 4.09. The van der Waals surface area contributed by atoms with E-state index in [1.165, 1.54) is 7.11 Å². The molecule has 0 amide bonds. The highest BCUT2D eigenvalue weighted by Gasteiger charge is 2.17. The fourth-order valence-corrected chi connectivity index (χ4v) is 2.07. The third-order valence-electron chi connectivity index (χ3n) is 2.54. The van der Waals surface area contributed by atoms with Crippen molar-refractivity contribution in [1.82, 2.24) is 0 Å². The molecule has 0 aliphatic heterocycles. The first kappa shape index (κ1) is 13.6. The van der Waals surface area contributed by atoms with E-state index in [2.05, 4.69) is 15.9 Å². The van der Waals surface area contributed by atoms with E-state index in [9.17, 15) is 4.79 Å². The fraction of sp³-hybridized carbons (Fsp3) is 0.133. The van der Waals surface area contributed by atoms with Crippen LogP contribution in [0, 0.1) is 0 Å². The Hall–Kier alpha value is -1.81. The fourth-order valence-electron chi connectivity index (χ4n) is 1.60. The van der Waals surface area contributed by atoms with Crippen LogP contribution in [0.25, 0.3) is 0 Å². The van der Waals surface area contributed by atoms with Crippen LogP contribution in [-0.4, -0.2) is 13.1 Å². The number of hydrogen-bond acceptors (Lipinski definition) is 3. The van der Waals surface area contributed by atoms with Crippen LogP contribution in [0.3, 0.4) is 0 Å². The summed E-state index contributed by atoms with van der Waals surface area (Å²) in [4.78, 5) is 11.0. The number of hydrogen-bond donors (Lipinski definition) is 0. The Kier molecular flexibility index (Phi) is 4.58. The number of para-hydroxylation sites is 1. The normalized spacial score (nSPS) is 11.7. The van der Waals surface area contributed by atoms with Gasteiger partial charge in [0.2, 0.25) is 0 Å². The summed E-state index contributed by atoms with van der Waals surface area (Å²) in [5, 5.41) is 0. The van der Waals surface area contributed by atoms with Gasteiger partial charge in [-0.15, -0.1) is 0 Å². The van der Waals surface area contributed by atoms with E-state index in [0.717, 1.165) is 11.3 Å². The molecule has 2 rings (SSSR count). The maximum absolute atomic E-state index is 11.5. The molecule has 1 atom stereocenters. The number of carbonyl (C=O) groups excluding carboxylic acids is 1. The molecule has 0 radical (unpaired) electrons. The van der Waals surface area contributed by atoms with Crippen LogP contribution in [0.2, 0.25) is 0 Å². The summed E-state index contributed by atoms with van der Waals surface area (Å²) in [5.41, 5.74) is 0.792. The molecular formula is C15H13BrO3. The van der Waals surface area contributed by atoms with Gasteiger partial charge in [-0.3, -0.25) is 4.79 Å². The molecular weight excluding hydrogens is 308 g/mol. The van der Waals surface area contributed by atoms with Gasteiger partial charge in [0.1, 0.15) is 16.3 Å². The minimum atomic E-state index is -0.489. The monoisotopic (exact) mass is 320 g/mol. The lowest BCUT2D eigenvalue weighted by atomic mass is 10.1. The number of rotatable bonds is 4. The molecule has 0 heterocycles. The summed E-state index contributed by atoms with van der Waals surface area (Å²) in [6.45, 7) is 0. The number of esters is 1. The van der Waals surface area contributed by atoms with Crippen molar-refractivity contribution >= 4 is 21.9 Å². The average molecular weight is 321 g/mol. The molecule has 0 aromatic heterocycles. The van der Waals surface area contributed by atoms with Gasteiger partial charge in [0.15, 0.2) is 0 Å². The van der Waals surface area contributed by atoms with Crippen LogP contribution in [0.4, 0.5) is 0 Å². The molecule has 0 bridgehead atoms. The first-order chi connectivity index (χ1) is 9.20. The standard InChI is InChI=1S/C15H13BrO3/c1-18-15(17)14(16)11-6-5-9-13(10-11)19-12-7-3-2-4-8-12/h2-10,14H,1H3/t14-/m0/s1. The second-order valence-corrected chi connectivity index (χ2v) is 4.79. The largest absolute Gasteiger partial charge is 0.468 e. The van der Waals surface area contributed by atoms with Crippen LogP contribution in [0.5, 0.6) is 11.5 Å². The zero-order valence-corrected chi connectivity index (χ0v) is 12.0. The Bertz CT molecular complexity index is 554. The molecule has 3 nitrogen and oxygen atoms in total. The quantitative estimate of drug-likeness (QED) is 0.628. The first-order valence-corrected chi connectivity index (χ1v) is 6.67. The molecule has 0 saturated carbocycles. The molecule has 4 heteroatoms. The number of halogens is 1. The van der Waals surface area contributed by atoms with E-state index in [1.54, 1.807) is 0 Å². The van der Waals surface area contributed by atoms with Gasteiger partial charge in [-0.05, 0) is 29.8 Å². The number of methoxy groups -OCH3 is 1. The molecule has 0 aliphatic rings. The summed E-state index contributed by atoms with van der Waals surface area (Å²) in [5.74, 6) is 1.10. The topological polar surface area (TPSA) is 35.5 Å². The van der Waals surface area contributed by atoms with Gasteiger partial charge in [-0.1, -0.05) is 46.3 Å². The molecule has 0 N–H and O–H groups in total. The highest BCUT2D eigenvalue weighted by Crippen LogP contribution is 2.29. The van der Waals surface area contributed by atoms with Crippen molar-refractivity contribution in [2.45, 2.75) is 4.83 Å². The maximum Gasteiger partial charge on any atom is 0.324 e. The van der Waals surface area contributed by atoms with E-state index >= 15 is 0 Å². The number of alkyl halides is 1. The summed E-state index contributed by atoms with van der Waals surface area (Å²) in [6.07, 6.45) is 0. The third kappa shape index (κ3) is 3.58. The minimum absolute atomic E-state index is 0.336. The van der Waals surface area contributed by atoms with E-state index in [-0.39, 0.29) is 5.97 Å². The van der Waals surface area contributed by atoms with Crippen molar-refractivity contribution in [3.8, 4) is 11.5 Å². The van der Waals surface area contributed by atoms with E-state index in [0.29, 0.717) is 5.75 Å². The summed E-state index contributed by atoms with van der Waals surface area (Å²) in [6, 6.07) is 16.8. The van der Waals surface area contributed by atoms with Crippen molar-refractivity contribution in [2.24, 2.45) is 0 Å². The molecule has 0 fully saturated rings. The molecule has 19 heavy (non-hydrogen) atoms. The Balaban J connectivity index is 2.18. The van der Waals surface area contributed by atoms with Crippen molar-refractivity contribution < 1.29 is 14.3 Å². The van der Waals surface area contributed by atoms with E-state index in [4.69, 9.17) is 9.47 Å². The maximum atomic E-state index is 11.5. The van der Waals surface area contributed by atoms with Crippen molar-refractivity contribution in [1.29, 1.82) is 0 Å².